The lowest BCUT2D eigenvalue weighted by atomic mass is 10.0. The van der Waals surface area contributed by atoms with E-state index in [0.717, 1.165) is 6.54 Å². The van der Waals surface area contributed by atoms with Gasteiger partial charge in [-0.15, -0.1) is 0 Å². The minimum Gasteiger partial charge on any atom is -0.308 e. The molecule has 0 saturated heterocycles. The second-order valence-electron chi connectivity index (χ2n) is 5.56. The highest BCUT2D eigenvalue weighted by atomic mass is 32.2. The molecule has 1 N–H and O–H groups in total. The topological polar surface area (TPSA) is 49.4 Å². The third-order valence-electron chi connectivity index (χ3n) is 3.90. The smallest absolute Gasteiger partial charge is 0.178 e. The van der Waals surface area contributed by atoms with E-state index in [-0.39, 0.29) is 16.7 Å². The zero-order valence-electron chi connectivity index (χ0n) is 12.1. The van der Waals surface area contributed by atoms with E-state index in [4.69, 9.17) is 0 Å². The average Bonchev–Trinajstić information content (AvgIpc) is 2.37. The lowest BCUT2D eigenvalue weighted by molar-refractivity contribution is 0.291. The SMILES string of the molecule is CC(CNC1CCS(=O)(=O)c2ccc(F)cc21)N(C)C. The molecule has 2 rings (SSSR count). The predicted octanol–water partition coefficient (Wildman–Crippen LogP) is 1.58. The zero-order valence-corrected chi connectivity index (χ0v) is 12.9. The molecule has 0 spiro atoms. The summed E-state index contributed by atoms with van der Waals surface area (Å²) in [6, 6.07) is 4.14. The van der Waals surface area contributed by atoms with Gasteiger partial charge in [-0.05, 0) is 51.2 Å². The summed E-state index contributed by atoms with van der Waals surface area (Å²) in [5, 5.41) is 3.35. The highest BCUT2D eigenvalue weighted by Crippen LogP contribution is 2.32. The number of hydrogen-bond acceptors (Lipinski definition) is 4. The number of nitrogens with zero attached hydrogens (tertiary/aromatic N) is 1. The van der Waals surface area contributed by atoms with Crippen LogP contribution in [0.25, 0.3) is 0 Å². The number of rotatable bonds is 4. The maximum absolute atomic E-state index is 13.4. The molecule has 2 unspecified atom stereocenters. The Morgan fingerprint density at radius 1 is 1.45 bits per heavy atom. The number of fused-ring (bicyclic) bond motifs is 1. The second-order valence-corrected chi connectivity index (χ2v) is 7.64. The van der Waals surface area contributed by atoms with Gasteiger partial charge < -0.3 is 10.2 Å². The van der Waals surface area contributed by atoms with Crippen LogP contribution < -0.4 is 5.32 Å². The second kappa shape index (κ2) is 5.79. The normalized spacial score (nSPS) is 22.6. The van der Waals surface area contributed by atoms with Gasteiger partial charge in [-0.3, -0.25) is 0 Å². The standard InChI is InChI=1S/C14H21FN2O2S/c1-10(17(2)3)9-16-13-6-7-20(18,19)14-5-4-11(15)8-12(13)14/h4-5,8,10,13,16H,6-7,9H2,1-3H3. The van der Waals surface area contributed by atoms with E-state index < -0.39 is 15.7 Å². The van der Waals surface area contributed by atoms with E-state index in [1.165, 1.54) is 18.2 Å². The van der Waals surface area contributed by atoms with E-state index in [9.17, 15) is 12.8 Å². The van der Waals surface area contributed by atoms with Crippen molar-refractivity contribution in [3.05, 3.63) is 29.6 Å². The van der Waals surface area contributed by atoms with Gasteiger partial charge in [0.15, 0.2) is 9.84 Å². The molecule has 0 bridgehead atoms. The summed E-state index contributed by atoms with van der Waals surface area (Å²) in [5.74, 6) is -0.284. The van der Waals surface area contributed by atoms with Crippen LogP contribution in [0.3, 0.4) is 0 Å². The number of hydrogen-bond donors (Lipinski definition) is 1. The summed E-state index contributed by atoms with van der Waals surface area (Å²) < 4.78 is 37.5. The number of halogens is 1. The van der Waals surface area contributed by atoms with E-state index in [0.29, 0.717) is 18.0 Å². The van der Waals surface area contributed by atoms with Crippen LogP contribution in [0.2, 0.25) is 0 Å². The van der Waals surface area contributed by atoms with Gasteiger partial charge in [-0.1, -0.05) is 0 Å². The van der Waals surface area contributed by atoms with Crippen LogP contribution in [-0.2, 0) is 9.84 Å². The molecule has 0 radical (unpaired) electrons. The largest absolute Gasteiger partial charge is 0.308 e. The van der Waals surface area contributed by atoms with Crippen LogP contribution in [0.1, 0.15) is 24.9 Å². The molecular weight excluding hydrogens is 279 g/mol. The summed E-state index contributed by atoms with van der Waals surface area (Å²) in [5.41, 5.74) is 0.558. The van der Waals surface area contributed by atoms with E-state index in [2.05, 4.69) is 17.1 Å². The van der Waals surface area contributed by atoms with Crippen molar-refractivity contribution in [2.75, 3.05) is 26.4 Å². The van der Waals surface area contributed by atoms with Crippen LogP contribution in [-0.4, -0.2) is 45.8 Å². The third-order valence-corrected chi connectivity index (χ3v) is 5.71. The van der Waals surface area contributed by atoms with Gasteiger partial charge in [-0.25, -0.2) is 12.8 Å². The van der Waals surface area contributed by atoms with Gasteiger partial charge >= 0.3 is 0 Å². The van der Waals surface area contributed by atoms with Crippen molar-refractivity contribution in [1.82, 2.24) is 10.2 Å². The van der Waals surface area contributed by atoms with Crippen LogP contribution in [0.5, 0.6) is 0 Å². The molecule has 2 atom stereocenters. The Hall–Kier alpha value is -0.980. The molecule has 112 valence electrons. The van der Waals surface area contributed by atoms with Crippen LogP contribution in [0, 0.1) is 5.82 Å². The molecule has 20 heavy (non-hydrogen) atoms. The van der Waals surface area contributed by atoms with Crippen molar-refractivity contribution in [3.8, 4) is 0 Å². The maximum Gasteiger partial charge on any atom is 0.178 e. The lowest BCUT2D eigenvalue weighted by Crippen LogP contribution is -2.39. The summed E-state index contributed by atoms with van der Waals surface area (Å²) in [4.78, 5) is 2.35. The van der Waals surface area contributed by atoms with Gasteiger partial charge in [0.05, 0.1) is 10.6 Å². The molecule has 0 amide bonds. The fraction of sp³-hybridized carbons (Fsp3) is 0.571. The number of nitrogens with one attached hydrogen (secondary N) is 1. The Morgan fingerprint density at radius 3 is 2.80 bits per heavy atom. The van der Waals surface area contributed by atoms with Crippen LogP contribution in [0.15, 0.2) is 23.1 Å². The van der Waals surface area contributed by atoms with Crippen molar-refractivity contribution < 1.29 is 12.8 Å². The van der Waals surface area contributed by atoms with E-state index >= 15 is 0 Å². The lowest BCUT2D eigenvalue weighted by Gasteiger charge is -2.29. The molecular formula is C14H21FN2O2S. The minimum atomic E-state index is -3.26. The van der Waals surface area contributed by atoms with Crippen molar-refractivity contribution in [3.63, 3.8) is 0 Å². The molecule has 4 nitrogen and oxygen atoms in total. The van der Waals surface area contributed by atoms with E-state index in [1.54, 1.807) is 0 Å². The highest BCUT2D eigenvalue weighted by Gasteiger charge is 2.30. The predicted molar refractivity (Wildman–Crippen MR) is 77.0 cm³/mol. The molecule has 0 saturated carbocycles. The number of sulfone groups is 1. The summed E-state index contributed by atoms with van der Waals surface area (Å²) in [7, 11) is 0.719. The molecule has 1 aromatic rings. The maximum atomic E-state index is 13.4. The highest BCUT2D eigenvalue weighted by molar-refractivity contribution is 7.91. The molecule has 1 aliphatic rings. The zero-order chi connectivity index (χ0) is 14.9. The van der Waals surface area contributed by atoms with Gasteiger partial charge in [0.2, 0.25) is 0 Å². The molecule has 0 aliphatic carbocycles. The molecule has 1 aliphatic heterocycles. The van der Waals surface area contributed by atoms with Crippen molar-refractivity contribution in [2.24, 2.45) is 0 Å². The Kier molecular flexibility index (Phi) is 4.46. The Labute approximate surface area is 119 Å². The van der Waals surface area contributed by atoms with Crippen LogP contribution in [0.4, 0.5) is 4.39 Å². The van der Waals surface area contributed by atoms with Crippen molar-refractivity contribution in [1.29, 1.82) is 0 Å². The fourth-order valence-corrected chi connectivity index (χ4v) is 3.92. The molecule has 6 heteroatoms. The summed E-state index contributed by atoms with van der Waals surface area (Å²) >= 11 is 0. The number of benzene rings is 1. The third kappa shape index (κ3) is 3.19. The van der Waals surface area contributed by atoms with Crippen LogP contribution >= 0.6 is 0 Å². The Bertz CT molecular complexity index is 587. The first-order valence-electron chi connectivity index (χ1n) is 6.73. The average molecular weight is 300 g/mol. The summed E-state index contributed by atoms with van der Waals surface area (Å²) in [6.07, 6.45) is 0.485. The molecule has 0 aromatic heterocycles. The monoisotopic (exact) mass is 300 g/mol. The molecule has 0 fully saturated rings. The van der Waals surface area contributed by atoms with E-state index in [1.807, 2.05) is 14.1 Å². The first-order chi connectivity index (χ1) is 9.31. The van der Waals surface area contributed by atoms with Gasteiger partial charge in [-0.2, -0.15) is 0 Å². The summed E-state index contributed by atoms with van der Waals surface area (Å²) in [6.45, 7) is 2.81. The van der Waals surface area contributed by atoms with Gasteiger partial charge in [0, 0.05) is 18.6 Å². The number of likely N-dealkylation sites (N-methyl/N-ethyl adjacent to an activating group) is 1. The quantitative estimate of drug-likeness (QED) is 0.858. The van der Waals surface area contributed by atoms with Crippen molar-refractivity contribution in [2.45, 2.75) is 30.3 Å². The first-order valence-corrected chi connectivity index (χ1v) is 8.38. The van der Waals surface area contributed by atoms with Gasteiger partial charge in [0.25, 0.3) is 0 Å². The Balaban J connectivity index is 2.23. The van der Waals surface area contributed by atoms with Crippen molar-refractivity contribution >= 4 is 9.84 Å². The first kappa shape index (κ1) is 15.4. The minimum absolute atomic E-state index is 0.105. The Morgan fingerprint density at radius 2 is 2.15 bits per heavy atom. The molecule has 1 heterocycles. The molecule has 1 aromatic carbocycles. The van der Waals surface area contributed by atoms with Gasteiger partial charge in [0.1, 0.15) is 5.82 Å². The fourth-order valence-electron chi connectivity index (χ4n) is 2.32.